The van der Waals surface area contributed by atoms with E-state index >= 15 is 0 Å². The maximum atomic E-state index is 11.9. The number of likely N-dealkylation sites (N-methyl/N-ethyl adjacent to an activating group) is 1. The van der Waals surface area contributed by atoms with E-state index in [1.54, 1.807) is 30.3 Å². The molecular weight excluding hydrogens is 497 g/mol. The Hall–Kier alpha value is -3.06. The maximum Gasteiger partial charge on any atom is 0.337 e. The number of carboxylic acid groups (broad SMARTS) is 1. The topological polar surface area (TPSA) is 81.7 Å². The number of nitrogens with one attached hydrogen (secondary N) is 2. The van der Waals surface area contributed by atoms with Crippen LogP contribution in [0.3, 0.4) is 0 Å². The summed E-state index contributed by atoms with van der Waals surface area (Å²) < 4.78 is 0. The van der Waals surface area contributed by atoms with Crippen molar-refractivity contribution in [3.63, 3.8) is 0 Å². The molecule has 1 amide bonds. The molecule has 3 N–H and O–H groups in total. The number of rotatable bonds is 8. The quantitative estimate of drug-likeness (QED) is 0.284. The van der Waals surface area contributed by atoms with Crippen molar-refractivity contribution in [3.8, 4) is 0 Å². The molecule has 192 valence electrons. The number of halogens is 2. The summed E-state index contributed by atoms with van der Waals surface area (Å²) in [5, 5.41) is 16.0. The zero-order valence-corrected chi connectivity index (χ0v) is 22.8. The summed E-state index contributed by atoms with van der Waals surface area (Å²) in [6.45, 7) is 12.3. The molecule has 3 rings (SSSR count). The largest absolute Gasteiger partial charge is 0.478 e. The number of carbonyl (C=O) groups excluding carboxylic acids is 1. The van der Waals surface area contributed by atoms with E-state index in [-0.39, 0.29) is 11.5 Å². The Balaban J connectivity index is 0.000000255. The van der Waals surface area contributed by atoms with Crippen LogP contribution in [0.25, 0.3) is 0 Å². The van der Waals surface area contributed by atoms with Crippen LogP contribution in [0.15, 0.2) is 54.6 Å². The molecule has 0 saturated carbocycles. The van der Waals surface area contributed by atoms with E-state index in [1.807, 2.05) is 39.0 Å². The number of nitrogens with zero attached hydrogens (tertiary/aromatic N) is 1. The summed E-state index contributed by atoms with van der Waals surface area (Å²) in [4.78, 5) is 25.1. The molecule has 0 radical (unpaired) electrons. The first-order valence-electron chi connectivity index (χ1n) is 11.7. The summed E-state index contributed by atoms with van der Waals surface area (Å²) >= 11 is 12.3. The van der Waals surface area contributed by atoms with Crippen LogP contribution in [0.1, 0.15) is 40.9 Å². The van der Waals surface area contributed by atoms with Crippen LogP contribution in [0.2, 0.25) is 10.0 Å². The zero-order chi connectivity index (χ0) is 26.8. The Morgan fingerprint density at radius 2 is 1.44 bits per heavy atom. The molecule has 0 aliphatic carbocycles. The monoisotopic (exact) mass is 529 g/mol. The van der Waals surface area contributed by atoms with E-state index in [0.717, 1.165) is 35.5 Å². The highest BCUT2D eigenvalue weighted by Gasteiger charge is 2.14. The number of anilines is 3. The molecule has 0 saturated heterocycles. The fraction of sp³-hybridized carbons (Fsp3) is 0.286. The Kier molecular flexibility index (Phi) is 11.2. The van der Waals surface area contributed by atoms with Gasteiger partial charge >= 0.3 is 5.97 Å². The van der Waals surface area contributed by atoms with Crippen molar-refractivity contribution in [3.05, 3.63) is 86.9 Å². The molecule has 0 aliphatic heterocycles. The number of hydrogen-bond donors (Lipinski definition) is 3. The van der Waals surface area contributed by atoms with Gasteiger partial charge in [0.05, 0.1) is 33.5 Å². The molecule has 0 aliphatic rings. The highest BCUT2D eigenvalue weighted by molar-refractivity contribution is 6.39. The Morgan fingerprint density at radius 3 is 2.03 bits per heavy atom. The zero-order valence-electron chi connectivity index (χ0n) is 21.3. The number of carboxylic acids is 1. The van der Waals surface area contributed by atoms with Gasteiger partial charge in [-0.1, -0.05) is 73.4 Å². The van der Waals surface area contributed by atoms with E-state index in [1.165, 1.54) is 6.07 Å². The molecular formula is C28H33Cl2N3O3. The van der Waals surface area contributed by atoms with Crippen LogP contribution in [0, 0.1) is 20.8 Å². The van der Waals surface area contributed by atoms with Crippen molar-refractivity contribution < 1.29 is 14.7 Å². The molecule has 3 aromatic rings. The second-order valence-electron chi connectivity index (χ2n) is 8.31. The van der Waals surface area contributed by atoms with Crippen LogP contribution < -0.4 is 10.6 Å². The van der Waals surface area contributed by atoms with Crippen molar-refractivity contribution in [1.29, 1.82) is 0 Å². The Morgan fingerprint density at radius 1 is 0.833 bits per heavy atom. The molecule has 0 unspecified atom stereocenters. The molecule has 0 atom stereocenters. The first-order chi connectivity index (χ1) is 17.1. The highest BCUT2D eigenvalue weighted by Crippen LogP contribution is 2.35. The van der Waals surface area contributed by atoms with Crippen molar-refractivity contribution in [2.24, 2.45) is 0 Å². The lowest BCUT2D eigenvalue weighted by atomic mass is 10.1. The van der Waals surface area contributed by atoms with E-state index in [2.05, 4.69) is 29.4 Å². The lowest BCUT2D eigenvalue weighted by Gasteiger charge is -2.18. The summed E-state index contributed by atoms with van der Waals surface area (Å²) in [7, 11) is 0. The minimum atomic E-state index is -1.01. The normalized spacial score (nSPS) is 10.4. The summed E-state index contributed by atoms with van der Waals surface area (Å²) in [6, 6.07) is 16.1. The molecule has 8 heteroatoms. The molecule has 0 spiro atoms. The third-order valence-electron chi connectivity index (χ3n) is 5.71. The van der Waals surface area contributed by atoms with Crippen molar-refractivity contribution in [1.82, 2.24) is 4.90 Å². The van der Waals surface area contributed by atoms with E-state index in [9.17, 15) is 9.59 Å². The fourth-order valence-corrected chi connectivity index (χ4v) is 3.99. The van der Waals surface area contributed by atoms with Crippen LogP contribution in [0.4, 0.5) is 17.1 Å². The van der Waals surface area contributed by atoms with Crippen LogP contribution in [0.5, 0.6) is 0 Å². The molecule has 0 aromatic heterocycles. The number of amides is 1. The van der Waals surface area contributed by atoms with Gasteiger partial charge in [0.1, 0.15) is 0 Å². The molecule has 6 nitrogen and oxygen atoms in total. The second kappa shape index (κ2) is 13.9. The van der Waals surface area contributed by atoms with Gasteiger partial charge in [0.2, 0.25) is 5.91 Å². The standard InChI is InChI=1S/C14H11Cl2NO2.C14H22N2O/c1-8-6-7-10(15)13(12(8)16)17-11-5-3-2-4-9(11)14(18)19;1-5-16(6-2)10-13(17)15-14-11(3)8-7-9-12(14)4/h2-7,17H,1H3,(H,18,19);7-9H,5-6,10H2,1-4H3,(H,15,17). The number of hydrogen-bond acceptors (Lipinski definition) is 4. The Bertz CT molecular complexity index is 1190. The van der Waals surface area contributed by atoms with Gasteiger partial charge in [-0.2, -0.15) is 0 Å². The number of para-hydroxylation sites is 2. The predicted molar refractivity (Wildman–Crippen MR) is 150 cm³/mol. The average Bonchev–Trinajstić information content (AvgIpc) is 2.85. The first kappa shape index (κ1) is 29.2. The van der Waals surface area contributed by atoms with Crippen LogP contribution in [-0.4, -0.2) is 41.5 Å². The minimum Gasteiger partial charge on any atom is -0.478 e. The van der Waals surface area contributed by atoms with Gasteiger partial charge in [-0.3, -0.25) is 9.69 Å². The SMILES string of the molecule is CCN(CC)CC(=O)Nc1c(C)cccc1C.Cc1ccc(Cl)c(Nc2ccccc2C(=O)O)c1Cl. The van der Waals surface area contributed by atoms with Crippen molar-refractivity contribution in [2.45, 2.75) is 34.6 Å². The molecule has 0 fully saturated rings. The van der Waals surface area contributed by atoms with Gasteiger partial charge in [-0.05, 0) is 68.8 Å². The first-order valence-corrected chi connectivity index (χ1v) is 12.5. The van der Waals surface area contributed by atoms with E-state index in [4.69, 9.17) is 28.3 Å². The van der Waals surface area contributed by atoms with Gasteiger partial charge in [-0.25, -0.2) is 4.79 Å². The van der Waals surface area contributed by atoms with Gasteiger partial charge < -0.3 is 15.7 Å². The molecule has 36 heavy (non-hydrogen) atoms. The number of carbonyl (C=O) groups is 2. The predicted octanol–water partition coefficient (Wildman–Crippen LogP) is 7.33. The molecule has 0 heterocycles. The van der Waals surface area contributed by atoms with E-state index in [0.29, 0.717) is 28.0 Å². The summed E-state index contributed by atoms with van der Waals surface area (Å²) in [5.74, 6) is -0.950. The fourth-order valence-electron chi connectivity index (χ4n) is 3.53. The van der Waals surface area contributed by atoms with Gasteiger partial charge in [0.15, 0.2) is 0 Å². The smallest absolute Gasteiger partial charge is 0.337 e. The molecule has 0 bridgehead atoms. The third-order valence-corrected chi connectivity index (χ3v) is 6.51. The molecule has 3 aromatic carbocycles. The third kappa shape index (κ3) is 7.98. The number of aromatic carboxylic acids is 1. The van der Waals surface area contributed by atoms with Crippen LogP contribution in [-0.2, 0) is 4.79 Å². The number of benzene rings is 3. The average molecular weight is 530 g/mol. The van der Waals surface area contributed by atoms with E-state index < -0.39 is 5.97 Å². The van der Waals surface area contributed by atoms with Crippen LogP contribution >= 0.6 is 23.2 Å². The lowest BCUT2D eigenvalue weighted by Crippen LogP contribution is -2.33. The maximum absolute atomic E-state index is 11.9. The minimum absolute atomic E-state index is 0.0612. The van der Waals surface area contributed by atoms with Gasteiger partial charge in [0, 0.05) is 5.69 Å². The second-order valence-corrected chi connectivity index (χ2v) is 9.09. The van der Waals surface area contributed by atoms with Crippen molar-refractivity contribution in [2.75, 3.05) is 30.3 Å². The summed E-state index contributed by atoms with van der Waals surface area (Å²) in [5.41, 5.74) is 5.15. The van der Waals surface area contributed by atoms with Gasteiger partial charge in [0.25, 0.3) is 0 Å². The lowest BCUT2D eigenvalue weighted by molar-refractivity contribution is -0.117. The summed E-state index contributed by atoms with van der Waals surface area (Å²) in [6.07, 6.45) is 0. The highest BCUT2D eigenvalue weighted by atomic mass is 35.5. The van der Waals surface area contributed by atoms with Gasteiger partial charge in [-0.15, -0.1) is 0 Å². The van der Waals surface area contributed by atoms with Crippen molar-refractivity contribution >= 4 is 52.1 Å². The number of aryl methyl sites for hydroxylation is 3. The Labute approximate surface area is 223 Å².